The summed E-state index contributed by atoms with van der Waals surface area (Å²) in [4.78, 5) is 11.7. The van der Waals surface area contributed by atoms with E-state index in [1.54, 1.807) is 24.3 Å². The van der Waals surface area contributed by atoms with Gasteiger partial charge in [-0.2, -0.15) is 4.31 Å². The Labute approximate surface area is 162 Å². The van der Waals surface area contributed by atoms with E-state index in [0.29, 0.717) is 24.6 Å². The van der Waals surface area contributed by atoms with Crippen LogP contribution in [0.3, 0.4) is 0 Å². The summed E-state index contributed by atoms with van der Waals surface area (Å²) < 4.78 is 54.0. The van der Waals surface area contributed by atoms with Crippen molar-refractivity contribution in [3.63, 3.8) is 0 Å². The minimum Gasteiger partial charge on any atom is -0.336 e. The molecule has 2 N–H and O–H groups in total. The summed E-state index contributed by atoms with van der Waals surface area (Å²) in [6.07, 6.45) is 1.99. The fraction of sp³-hybridized carbons (Fsp3) is 0.316. The third-order valence-corrected chi connectivity index (χ3v) is 6.48. The molecule has 0 radical (unpaired) electrons. The molecule has 2 aromatic rings. The van der Waals surface area contributed by atoms with Crippen LogP contribution in [-0.2, 0) is 10.0 Å². The normalized spacial score (nSPS) is 17.9. The molecule has 1 atom stereocenters. The van der Waals surface area contributed by atoms with Gasteiger partial charge in [0.2, 0.25) is 10.0 Å². The highest BCUT2D eigenvalue weighted by molar-refractivity contribution is 7.89. The number of anilines is 1. The average Bonchev–Trinajstić information content (AvgIpc) is 2.66. The fourth-order valence-electron chi connectivity index (χ4n) is 3.21. The SMILES string of the molecule is O=C(NCC1CCCCN1S(=O)(=O)c1cc(F)cc(F)c1)Nc1ccccc1. The minimum absolute atomic E-state index is 0.0930. The molecule has 0 spiro atoms. The van der Waals surface area contributed by atoms with Gasteiger partial charge in [-0.3, -0.25) is 0 Å². The lowest BCUT2D eigenvalue weighted by Gasteiger charge is -2.34. The van der Waals surface area contributed by atoms with Crippen LogP contribution in [0.25, 0.3) is 0 Å². The van der Waals surface area contributed by atoms with Gasteiger partial charge in [-0.15, -0.1) is 0 Å². The number of hydrogen-bond acceptors (Lipinski definition) is 3. The Morgan fingerprint density at radius 2 is 1.75 bits per heavy atom. The Morgan fingerprint density at radius 3 is 2.43 bits per heavy atom. The number of halogens is 2. The molecule has 1 unspecified atom stereocenters. The number of para-hydroxylation sites is 1. The number of sulfonamides is 1. The number of rotatable bonds is 5. The Kier molecular flexibility index (Phi) is 6.25. The van der Waals surface area contributed by atoms with Gasteiger partial charge < -0.3 is 10.6 Å². The minimum atomic E-state index is -4.08. The van der Waals surface area contributed by atoms with E-state index in [2.05, 4.69) is 10.6 Å². The summed E-state index contributed by atoms with van der Waals surface area (Å²) in [5.74, 6) is -1.90. The highest BCUT2D eigenvalue weighted by Gasteiger charge is 2.34. The van der Waals surface area contributed by atoms with E-state index in [-0.39, 0.29) is 13.1 Å². The molecule has 0 aliphatic carbocycles. The Bertz CT molecular complexity index is 918. The molecular weight excluding hydrogens is 388 g/mol. The molecule has 9 heteroatoms. The molecule has 0 bridgehead atoms. The second-order valence-corrected chi connectivity index (χ2v) is 8.46. The van der Waals surface area contributed by atoms with Crippen LogP contribution in [0.1, 0.15) is 19.3 Å². The summed E-state index contributed by atoms with van der Waals surface area (Å²) in [7, 11) is -4.08. The van der Waals surface area contributed by atoms with Gasteiger partial charge in [0.15, 0.2) is 0 Å². The number of nitrogens with zero attached hydrogens (tertiary/aromatic N) is 1. The number of benzene rings is 2. The number of amides is 2. The van der Waals surface area contributed by atoms with E-state index in [1.165, 1.54) is 4.31 Å². The predicted octanol–water partition coefficient (Wildman–Crippen LogP) is 3.33. The maximum Gasteiger partial charge on any atom is 0.319 e. The first-order valence-electron chi connectivity index (χ1n) is 8.94. The molecule has 2 amide bonds. The summed E-state index contributed by atoms with van der Waals surface area (Å²) in [6.45, 7) is 0.322. The lowest BCUT2D eigenvalue weighted by Crippen LogP contribution is -2.49. The Morgan fingerprint density at radius 1 is 1.07 bits per heavy atom. The quantitative estimate of drug-likeness (QED) is 0.795. The van der Waals surface area contributed by atoms with Crippen molar-refractivity contribution in [2.45, 2.75) is 30.2 Å². The lowest BCUT2D eigenvalue weighted by atomic mass is 10.1. The first-order valence-corrected chi connectivity index (χ1v) is 10.4. The molecule has 1 fully saturated rings. The summed E-state index contributed by atoms with van der Waals surface area (Å²) in [6, 6.07) is 10.1. The van der Waals surface area contributed by atoms with Crippen LogP contribution >= 0.6 is 0 Å². The van der Waals surface area contributed by atoms with Gasteiger partial charge in [0.25, 0.3) is 0 Å². The molecule has 0 saturated carbocycles. The van der Waals surface area contributed by atoms with Gasteiger partial charge in [-0.05, 0) is 37.1 Å². The van der Waals surface area contributed by atoms with Crippen LogP contribution in [0, 0.1) is 11.6 Å². The number of hydrogen-bond donors (Lipinski definition) is 2. The van der Waals surface area contributed by atoms with Crippen LogP contribution in [-0.4, -0.2) is 37.9 Å². The molecular formula is C19H21F2N3O3S. The predicted molar refractivity (Wildman–Crippen MR) is 101 cm³/mol. The maximum atomic E-state index is 13.5. The number of nitrogens with one attached hydrogen (secondary N) is 2. The maximum absolute atomic E-state index is 13.5. The van der Waals surface area contributed by atoms with Crippen LogP contribution < -0.4 is 10.6 Å². The van der Waals surface area contributed by atoms with E-state index in [1.807, 2.05) is 6.07 Å². The van der Waals surface area contributed by atoms with Crippen LogP contribution in [0.4, 0.5) is 19.3 Å². The van der Waals surface area contributed by atoms with E-state index in [4.69, 9.17) is 0 Å². The largest absolute Gasteiger partial charge is 0.336 e. The zero-order valence-electron chi connectivity index (χ0n) is 15.1. The summed E-state index contributed by atoms with van der Waals surface area (Å²) in [5.41, 5.74) is 0.614. The second kappa shape index (κ2) is 8.66. The highest BCUT2D eigenvalue weighted by atomic mass is 32.2. The van der Waals surface area contributed by atoms with Crippen molar-refractivity contribution in [1.82, 2.24) is 9.62 Å². The van der Waals surface area contributed by atoms with E-state index in [9.17, 15) is 22.0 Å². The van der Waals surface area contributed by atoms with Gasteiger partial charge in [-0.25, -0.2) is 22.0 Å². The standard InChI is InChI=1S/C19H21F2N3O3S/c20-14-10-15(21)12-18(11-14)28(26,27)24-9-5-4-8-17(24)13-22-19(25)23-16-6-2-1-3-7-16/h1-3,6-7,10-12,17H,4-5,8-9,13H2,(H2,22,23,25). The van der Waals surface area contributed by atoms with Crippen molar-refractivity contribution in [3.05, 3.63) is 60.2 Å². The zero-order valence-corrected chi connectivity index (χ0v) is 15.9. The first-order chi connectivity index (χ1) is 13.4. The van der Waals surface area contributed by atoms with Gasteiger partial charge >= 0.3 is 6.03 Å². The Balaban J connectivity index is 1.70. The molecule has 1 aliphatic rings. The van der Waals surface area contributed by atoms with Crippen molar-refractivity contribution in [2.75, 3.05) is 18.4 Å². The van der Waals surface area contributed by atoms with Gasteiger partial charge in [0.05, 0.1) is 4.90 Å². The van der Waals surface area contributed by atoms with Crippen LogP contribution in [0.2, 0.25) is 0 Å². The molecule has 1 heterocycles. The highest BCUT2D eigenvalue weighted by Crippen LogP contribution is 2.26. The number of urea groups is 1. The zero-order chi connectivity index (χ0) is 20.1. The summed E-state index contributed by atoms with van der Waals surface area (Å²) >= 11 is 0. The molecule has 6 nitrogen and oxygen atoms in total. The van der Waals surface area contributed by atoms with Crippen molar-refractivity contribution in [2.24, 2.45) is 0 Å². The van der Waals surface area contributed by atoms with E-state index in [0.717, 1.165) is 18.6 Å². The van der Waals surface area contributed by atoms with Crippen molar-refractivity contribution in [1.29, 1.82) is 0 Å². The molecule has 0 aromatic heterocycles. The van der Waals surface area contributed by atoms with Gasteiger partial charge in [-0.1, -0.05) is 24.6 Å². The van der Waals surface area contributed by atoms with Gasteiger partial charge in [0, 0.05) is 30.9 Å². The third kappa shape index (κ3) is 4.85. The molecule has 1 aliphatic heterocycles. The van der Waals surface area contributed by atoms with Gasteiger partial charge in [0.1, 0.15) is 11.6 Å². The number of carbonyl (C=O) groups is 1. The molecule has 2 aromatic carbocycles. The molecule has 150 valence electrons. The van der Waals surface area contributed by atoms with E-state index < -0.39 is 38.6 Å². The Hall–Kier alpha value is -2.52. The van der Waals surface area contributed by atoms with Crippen LogP contribution in [0.15, 0.2) is 53.4 Å². The van der Waals surface area contributed by atoms with Crippen molar-refractivity contribution in [3.8, 4) is 0 Å². The molecule has 3 rings (SSSR count). The second-order valence-electron chi connectivity index (χ2n) is 6.57. The first kappa shape index (κ1) is 20.2. The fourth-order valence-corrected chi connectivity index (χ4v) is 4.95. The molecule has 28 heavy (non-hydrogen) atoms. The number of carbonyl (C=O) groups excluding carboxylic acids is 1. The summed E-state index contributed by atoms with van der Waals surface area (Å²) in [5, 5.41) is 5.34. The van der Waals surface area contributed by atoms with Crippen LogP contribution in [0.5, 0.6) is 0 Å². The monoisotopic (exact) mass is 409 g/mol. The number of piperidine rings is 1. The van der Waals surface area contributed by atoms with Crippen molar-refractivity contribution < 1.29 is 22.0 Å². The van der Waals surface area contributed by atoms with E-state index >= 15 is 0 Å². The average molecular weight is 409 g/mol. The third-order valence-electron chi connectivity index (χ3n) is 4.55. The lowest BCUT2D eigenvalue weighted by molar-refractivity contribution is 0.231. The van der Waals surface area contributed by atoms with Crippen molar-refractivity contribution >= 4 is 21.7 Å². The topological polar surface area (TPSA) is 78.5 Å². The molecule has 1 saturated heterocycles. The smallest absolute Gasteiger partial charge is 0.319 e.